The van der Waals surface area contributed by atoms with E-state index in [-0.39, 0.29) is 57.0 Å². The van der Waals surface area contributed by atoms with Crippen molar-refractivity contribution in [3.8, 4) is 30.2 Å². The Labute approximate surface area is 748 Å². The summed E-state index contributed by atoms with van der Waals surface area (Å²) in [5.74, 6) is 0.150. The molecule has 4 aliphatic heterocycles. The second-order valence-corrected chi connectivity index (χ2v) is 33.4. The monoisotopic (exact) mass is 1790 g/mol. The van der Waals surface area contributed by atoms with Gasteiger partial charge in [0.25, 0.3) is 40.3 Å². The van der Waals surface area contributed by atoms with Crippen LogP contribution in [0.15, 0.2) is 196 Å². The zero-order valence-corrected chi connectivity index (χ0v) is 73.5. The van der Waals surface area contributed by atoms with Crippen molar-refractivity contribution in [1.29, 1.82) is 21.0 Å². The molecule has 4 fully saturated rings. The Morgan fingerprint density at radius 2 is 0.848 bits per heavy atom. The minimum Gasteiger partial charge on any atom is -0.477 e. The summed E-state index contributed by atoms with van der Waals surface area (Å²) in [4.78, 5) is 117. The summed E-state index contributed by atoms with van der Waals surface area (Å²) in [6, 6.07) is 59.6. The first-order valence-corrected chi connectivity index (χ1v) is 43.0. The number of carbonyl (C=O) groups excluding carboxylic acids is 4. The van der Waals surface area contributed by atoms with Gasteiger partial charge in [-0.05, 0) is 134 Å². The minimum absolute atomic E-state index is 0.0660. The van der Waals surface area contributed by atoms with Crippen LogP contribution in [-0.4, -0.2) is 204 Å². The van der Waals surface area contributed by atoms with Crippen LogP contribution in [0.1, 0.15) is 69.6 Å². The normalized spacial score (nSPS) is 14.0. The number of pyridine rings is 5. The van der Waals surface area contributed by atoms with Gasteiger partial charge in [-0.1, -0.05) is 125 Å². The molecule has 0 bridgehead atoms. The summed E-state index contributed by atoms with van der Waals surface area (Å²) in [6.45, 7) is 9.72. The van der Waals surface area contributed by atoms with E-state index in [0.29, 0.717) is 193 Å². The number of piperazine rings is 4. The fourth-order valence-corrected chi connectivity index (χ4v) is 17.6. The number of nitriles is 4. The molecule has 10 heterocycles. The van der Waals surface area contributed by atoms with Crippen molar-refractivity contribution in [2.75, 3.05) is 152 Å². The molecule has 634 valence electrons. The zero-order valence-electron chi connectivity index (χ0n) is 68.9. The SMILES string of the molecule is CN(C)CCCOc1nc2ccccc2c(N2CCN(C(=O)c3cccs3)CC2)c1C#N.Cn1c(=O)c(C#N)c(N2CCN(C(=O)c3ccc(Cl)c(Cl)c3)CC2)c2cc(Cl)ccc21.Cn1c(=O)c(C#N)c(N2CCN(C(=O)c3ccc(Cl)cc3)CC2)c2cc(Cl)ccc21.Cn1c(=O)c(C#N)c(N2CCN(C(=O)c3nccc4ccccc34)CC2)c2ccccc21. The third-order valence-electron chi connectivity index (χ3n) is 22.6. The van der Waals surface area contributed by atoms with Gasteiger partial charge in [-0.2, -0.15) is 21.0 Å². The quantitative estimate of drug-likeness (QED) is 0.0969. The molecule has 125 heavy (non-hydrogen) atoms. The molecule has 4 aliphatic rings. The number of nitrogens with zero attached hydrogens (tertiary/aromatic N) is 18. The molecule has 0 N–H and O–H groups in total. The van der Waals surface area contributed by atoms with Gasteiger partial charge in [-0.25, -0.2) is 4.98 Å². The number of anilines is 4. The van der Waals surface area contributed by atoms with Crippen LogP contribution in [-0.2, 0) is 21.1 Å². The molecular weight excluding hydrogens is 1710 g/mol. The number of fused-ring (bicyclic) bond motifs is 5. The molecule has 0 radical (unpaired) electrons. The Kier molecular flexibility index (Phi) is 27.7. The lowest BCUT2D eigenvalue weighted by Gasteiger charge is -2.37. The van der Waals surface area contributed by atoms with Gasteiger partial charge >= 0.3 is 0 Å². The molecule has 0 aliphatic carbocycles. The minimum atomic E-state index is -0.360. The molecule has 7 aromatic carbocycles. The van der Waals surface area contributed by atoms with Crippen LogP contribution >= 0.6 is 69.3 Å². The summed E-state index contributed by atoms with van der Waals surface area (Å²) >= 11 is 31.8. The predicted octanol–water partition coefficient (Wildman–Crippen LogP) is 14.4. The zero-order chi connectivity index (χ0) is 88.4. The lowest BCUT2D eigenvalue weighted by atomic mass is 10.1. The van der Waals surface area contributed by atoms with Gasteiger partial charge in [0.05, 0.1) is 66.3 Å². The number of amides is 4. The topological polar surface area (TPSA) is 294 Å². The number of ether oxygens (including phenoxy) is 1. The van der Waals surface area contributed by atoms with Crippen LogP contribution in [0, 0.1) is 45.3 Å². The Morgan fingerprint density at radius 1 is 0.424 bits per heavy atom. The highest BCUT2D eigenvalue weighted by Gasteiger charge is 2.34. The number of aromatic nitrogens is 5. The van der Waals surface area contributed by atoms with Gasteiger partial charge in [-0.3, -0.25) is 38.5 Å². The van der Waals surface area contributed by atoms with E-state index in [1.165, 1.54) is 25.0 Å². The summed E-state index contributed by atoms with van der Waals surface area (Å²) < 4.78 is 10.4. The van der Waals surface area contributed by atoms with Gasteiger partial charge < -0.3 is 62.5 Å². The fourth-order valence-electron chi connectivity index (χ4n) is 16.1. The summed E-state index contributed by atoms with van der Waals surface area (Å²) in [5, 5.41) is 48.5. The van der Waals surface area contributed by atoms with Gasteiger partial charge in [0.2, 0.25) is 5.88 Å². The van der Waals surface area contributed by atoms with Crippen molar-refractivity contribution in [2.24, 2.45) is 21.1 Å². The second kappa shape index (κ2) is 39.2. The van der Waals surface area contributed by atoms with E-state index in [1.54, 1.807) is 121 Å². The molecule has 0 unspecified atom stereocenters. The molecule has 32 heteroatoms. The van der Waals surface area contributed by atoms with Crippen molar-refractivity contribution < 1.29 is 23.9 Å². The standard InChI is InChI=1S/C25H21N5O2.C24H27N5O2S.C22H17Cl3N4O2.C22H18Cl2N4O2/c1-28-21-9-5-4-8-19(21)23(20(16-26)24(28)31)29-12-14-30(15-13-29)25(32)22-18-7-3-2-6-17(18)10-11-27-22;1-27(2)10-6-15-31-23-19(17-25)22(18-7-3-4-8-20(18)26-23)28-11-13-29(14-12-28)24(30)21-9-5-16-32-21;1-27-19-5-3-14(23)11-15(19)20(16(12-26)22(27)31)28-6-8-29(9-7-28)21(30)13-2-4-17(24)18(25)10-13;1-26-19-7-6-16(24)12-17(19)20(18(13-25)22(26)30)27-8-10-28(11-9-27)21(29)14-2-4-15(23)5-3-14/h2-11H,12-15H2,1H3;3-5,7-9,16H,6,10-15H2,1-2H3;2-5,10-11H,6-9H2,1H3;2-7,12H,8-11H2,1H3. The number of aryl methyl sites for hydroxylation is 3. The first-order chi connectivity index (χ1) is 60.4. The number of para-hydroxylation sites is 2. The van der Waals surface area contributed by atoms with Crippen LogP contribution in [0.3, 0.4) is 0 Å². The number of rotatable bonds is 13. The molecule has 4 amide bonds. The van der Waals surface area contributed by atoms with Gasteiger partial charge in [-0.15, -0.1) is 11.3 Å². The van der Waals surface area contributed by atoms with E-state index in [0.717, 1.165) is 66.9 Å². The first-order valence-electron chi connectivity index (χ1n) is 40.2. The molecule has 26 nitrogen and oxygen atoms in total. The van der Waals surface area contributed by atoms with Gasteiger partial charge in [0.1, 0.15) is 52.2 Å². The van der Waals surface area contributed by atoms with Gasteiger partial charge in [0.15, 0.2) is 0 Å². The smallest absolute Gasteiger partial charge is 0.273 e. The van der Waals surface area contributed by atoms with Crippen molar-refractivity contribution in [1.82, 2.24) is 48.2 Å². The number of carbonyl (C=O) groups is 4. The molecule has 13 aromatic rings. The molecule has 0 spiro atoms. The van der Waals surface area contributed by atoms with Crippen LogP contribution in [0.5, 0.6) is 5.88 Å². The average Bonchev–Trinajstić information content (AvgIpc) is 1.59. The molecule has 0 atom stereocenters. The van der Waals surface area contributed by atoms with E-state index in [1.807, 2.05) is 130 Å². The second-order valence-electron chi connectivity index (χ2n) is 30.3. The maximum atomic E-state index is 13.2. The van der Waals surface area contributed by atoms with Crippen molar-refractivity contribution in [3.63, 3.8) is 0 Å². The molecule has 17 rings (SSSR count). The number of thiophene rings is 1. The Hall–Kier alpha value is -13.1. The largest absolute Gasteiger partial charge is 0.477 e. The van der Waals surface area contributed by atoms with E-state index >= 15 is 0 Å². The van der Waals surface area contributed by atoms with Crippen molar-refractivity contribution >= 4 is 170 Å². The first kappa shape index (κ1) is 88.3. The molecular formula is C93H83Cl5N18O8S. The summed E-state index contributed by atoms with van der Waals surface area (Å²) in [7, 11) is 9.01. The summed E-state index contributed by atoms with van der Waals surface area (Å²) in [6.07, 6.45) is 2.52. The highest BCUT2D eigenvalue weighted by Crippen LogP contribution is 2.39. The van der Waals surface area contributed by atoms with Gasteiger partial charge in [0, 0.05) is 192 Å². The van der Waals surface area contributed by atoms with Crippen LogP contribution in [0.2, 0.25) is 25.1 Å². The number of halogens is 5. The predicted molar refractivity (Wildman–Crippen MR) is 493 cm³/mol. The number of hydrogen-bond acceptors (Lipinski definition) is 20. The van der Waals surface area contributed by atoms with E-state index < -0.39 is 0 Å². The lowest BCUT2D eigenvalue weighted by Crippen LogP contribution is -2.49. The fraction of sp³-hybridized carbons (Fsp3) is 0.258. The van der Waals surface area contributed by atoms with Crippen molar-refractivity contribution in [2.45, 2.75) is 6.42 Å². The molecule has 6 aromatic heterocycles. The Morgan fingerprint density at radius 3 is 1.34 bits per heavy atom. The van der Waals surface area contributed by atoms with Crippen LogP contribution in [0.25, 0.3) is 54.4 Å². The van der Waals surface area contributed by atoms with E-state index in [2.05, 4.69) is 44.0 Å². The van der Waals surface area contributed by atoms with Crippen LogP contribution < -0.4 is 41.0 Å². The third-order valence-corrected chi connectivity index (χ3v) is 24.9. The van der Waals surface area contributed by atoms with Crippen LogP contribution in [0.4, 0.5) is 22.7 Å². The maximum Gasteiger partial charge on any atom is 0.273 e. The highest BCUT2D eigenvalue weighted by molar-refractivity contribution is 7.12. The lowest BCUT2D eigenvalue weighted by molar-refractivity contribution is 0.0736. The average molecular weight is 1790 g/mol. The highest BCUT2D eigenvalue weighted by atomic mass is 35.5. The Balaban J connectivity index is 0.000000135. The van der Waals surface area contributed by atoms with Crippen molar-refractivity contribution in [3.05, 3.63) is 282 Å². The number of hydrogen-bond donors (Lipinski definition) is 0. The maximum absolute atomic E-state index is 13.2. The summed E-state index contributed by atoms with van der Waals surface area (Å²) in [5.41, 5.74) is 6.88. The Bertz CT molecular complexity index is 6720. The number of benzene rings is 7. The van der Waals surface area contributed by atoms with E-state index in [4.69, 9.17) is 62.7 Å². The molecule has 4 saturated heterocycles. The molecule has 0 saturated carbocycles. The third kappa shape index (κ3) is 18.8. The van der Waals surface area contributed by atoms with E-state index in [9.17, 15) is 54.6 Å².